The summed E-state index contributed by atoms with van der Waals surface area (Å²) < 4.78 is 28.1. The van der Waals surface area contributed by atoms with E-state index in [-0.39, 0.29) is 10.1 Å². The highest BCUT2D eigenvalue weighted by atomic mass is 35.5. The van der Waals surface area contributed by atoms with Gasteiger partial charge in [-0.1, -0.05) is 18.2 Å². The number of benzene rings is 1. The third kappa shape index (κ3) is 1.99. The van der Waals surface area contributed by atoms with E-state index < -0.39 is 9.84 Å². The van der Waals surface area contributed by atoms with Gasteiger partial charge in [0.05, 0.1) is 11.2 Å². The van der Waals surface area contributed by atoms with Gasteiger partial charge in [0.25, 0.3) is 0 Å². The first-order chi connectivity index (χ1) is 7.50. The van der Waals surface area contributed by atoms with Gasteiger partial charge in [0.1, 0.15) is 0 Å². The monoisotopic (exact) mass is 256 g/mol. The fourth-order valence-electron chi connectivity index (χ4n) is 1.50. The molecule has 0 saturated heterocycles. The van der Waals surface area contributed by atoms with Crippen LogP contribution in [0.15, 0.2) is 45.9 Å². The number of hydrogen-bond donors (Lipinski definition) is 0. The Morgan fingerprint density at radius 2 is 1.81 bits per heavy atom. The van der Waals surface area contributed by atoms with E-state index in [2.05, 4.69) is 0 Å². The minimum Gasteiger partial charge on any atom is -0.452 e. The lowest BCUT2D eigenvalue weighted by Gasteiger charge is -2.05. The molecule has 0 unspecified atom stereocenters. The minimum atomic E-state index is -3.28. The highest BCUT2D eigenvalue weighted by molar-refractivity contribution is 7.90. The maximum absolute atomic E-state index is 11.6. The molecule has 0 aliphatic carbocycles. The summed E-state index contributed by atoms with van der Waals surface area (Å²) >= 11 is 5.83. The van der Waals surface area contributed by atoms with Gasteiger partial charge < -0.3 is 4.42 Å². The number of halogens is 1. The van der Waals surface area contributed by atoms with Crippen LogP contribution in [0, 0.1) is 0 Å². The van der Waals surface area contributed by atoms with Crippen LogP contribution in [-0.4, -0.2) is 14.7 Å². The van der Waals surface area contributed by atoms with E-state index in [1.165, 1.54) is 12.5 Å². The van der Waals surface area contributed by atoms with Crippen molar-refractivity contribution in [3.63, 3.8) is 0 Å². The topological polar surface area (TPSA) is 47.3 Å². The maximum Gasteiger partial charge on any atom is 0.200 e. The molecule has 1 aromatic heterocycles. The second-order valence-electron chi connectivity index (χ2n) is 3.38. The van der Waals surface area contributed by atoms with Gasteiger partial charge in [-0.25, -0.2) is 8.42 Å². The summed E-state index contributed by atoms with van der Waals surface area (Å²) in [4.78, 5) is 0.248. The lowest BCUT2D eigenvalue weighted by Crippen LogP contribution is -1.99. The molecule has 0 saturated carbocycles. The Kier molecular flexibility index (Phi) is 2.78. The number of hydrogen-bond acceptors (Lipinski definition) is 3. The smallest absolute Gasteiger partial charge is 0.200 e. The molecule has 1 heterocycles. The van der Waals surface area contributed by atoms with Gasteiger partial charge in [0, 0.05) is 17.4 Å². The summed E-state index contributed by atoms with van der Waals surface area (Å²) in [6, 6.07) is 8.33. The maximum atomic E-state index is 11.6. The molecule has 2 aromatic rings. The number of sulfone groups is 1. The summed E-state index contributed by atoms with van der Waals surface area (Å²) in [6.07, 6.45) is 2.59. The molecule has 0 bridgehead atoms. The molecule has 0 fully saturated rings. The van der Waals surface area contributed by atoms with Crippen LogP contribution in [0.1, 0.15) is 0 Å². The van der Waals surface area contributed by atoms with Crippen molar-refractivity contribution >= 4 is 21.4 Å². The molecule has 0 radical (unpaired) electrons. The van der Waals surface area contributed by atoms with Gasteiger partial charge in [0.2, 0.25) is 5.22 Å². The standard InChI is InChI=1S/C11H9ClO3S/c1-16(13,14)10-5-3-2-4-8(10)9-6-7-15-11(9)12/h2-7H,1H3. The molecular formula is C11H9ClO3S. The van der Waals surface area contributed by atoms with Crippen molar-refractivity contribution < 1.29 is 12.8 Å². The Hall–Kier alpha value is -1.26. The Bertz CT molecular complexity index is 614. The average molecular weight is 257 g/mol. The van der Waals surface area contributed by atoms with E-state index in [1.54, 1.807) is 30.3 Å². The molecule has 0 spiro atoms. The van der Waals surface area contributed by atoms with E-state index >= 15 is 0 Å². The molecule has 5 heteroatoms. The molecule has 0 atom stereocenters. The van der Waals surface area contributed by atoms with Crippen molar-refractivity contribution in [1.29, 1.82) is 0 Å². The molecule has 0 aliphatic heterocycles. The zero-order valence-electron chi connectivity index (χ0n) is 8.48. The van der Waals surface area contributed by atoms with E-state index in [4.69, 9.17) is 16.0 Å². The van der Waals surface area contributed by atoms with Crippen LogP contribution in [0.2, 0.25) is 5.22 Å². The Morgan fingerprint density at radius 3 is 2.38 bits per heavy atom. The average Bonchev–Trinajstić information content (AvgIpc) is 2.63. The molecular weight excluding hydrogens is 248 g/mol. The van der Waals surface area contributed by atoms with Crippen LogP contribution in [-0.2, 0) is 9.84 Å². The second kappa shape index (κ2) is 3.96. The lowest BCUT2D eigenvalue weighted by atomic mass is 10.1. The zero-order valence-corrected chi connectivity index (χ0v) is 10.0. The highest BCUT2D eigenvalue weighted by Gasteiger charge is 2.16. The fourth-order valence-corrected chi connectivity index (χ4v) is 2.62. The predicted molar refractivity (Wildman–Crippen MR) is 62.3 cm³/mol. The predicted octanol–water partition coefficient (Wildman–Crippen LogP) is 3.00. The van der Waals surface area contributed by atoms with Gasteiger partial charge in [-0.15, -0.1) is 0 Å². The van der Waals surface area contributed by atoms with E-state index in [9.17, 15) is 8.42 Å². The van der Waals surface area contributed by atoms with Crippen LogP contribution in [0.25, 0.3) is 11.1 Å². The highest BCUT2D eigenvalue weighted by Crippen LogP contribution is 2.33. The summed E-state index contributed by atoms with van der Waals surface area (Å²) in [6.45, 7) is 0. The number of rotatable bonds is 2. The van der Waals surface area contributed by atoms with Crippen LogP contribution in [0.3, 0.4) is 0 Å². The third-order valence-corrected chi connectivity index (χ3v) is 3.64. The van der Waals surface area contributed by atoms with Gasteiger partial charge in [-0.2, -0.15) is 0 Å². The molecule has 0 amide bonds. The lowest BCUT2D eigenvalue weighted by molar-refractivity contribution is 0.570. The summed E-state index contributed by atoms with van der Waals surface area (Å²) in [5.41, 5.74) is 1.14. The van der Waals surface area contributed by atoms with Crippen molar-refractivity contribution in [2.24, 2.45) is 0 Å². The molecule has 0 N–H and O–H groups in total. The first-order valence-electron chi connectivity index (χ1n) is 4.52. The van der Waals surface area contributed by atoms with E-state index in [1.807, 2.05) is 0 Å². The van der Waals surface area contributed by atoms with Crippen LogP contribution in [0.5, 0.6) is 0 Å². The third-order valence-electron chi connectivity index (χ3n) is 2.19. The van der Waals surface area contributed by atoms with Gasteiger partial charge in [0.15, 0.2) is 9.84 Å². The summed E-state index contributed by atoms with van der Waals surface area (Å²) in [5, 5.41) is 0.191. The van der Waals surface area contributed by atoms with Crippen molar-refractivity contribution in [1.82, 2.24) is 0 Å². The van der Waals surface area contributed by atoms with Crippen LogP contribution >= 0.6 is 11.6 Å². The Balaban J connectivity index is 2.72. The summed E-state index contributed by atoms with van der Waals surface area (Å²) in [5.74, 6) is 0. The first-order valence-corrected chi connectivity index (χ1v) is 6.79. The quantitative estimate of drug-likeness (QED) is 0.830. The van der Waals surface area contributed by atoms with E-state index in [0.29, 0.717) is 11.1 Å². The fraction of sp³-hybridized carbons (Fsp3) is 0.0909. The normalized spacial score (nSPS) is 11.6. The van der Waals surface area contributed by atoms with Crippen LogP contribution < -0.4 is 0 Å². The van der Waals surface area contributed by atoms with Crippen molar-refractivity contribution in [3.8, 4) is 11.1 Å². The molecule has 0 aliphatic rings. The number of furan rings is 1. The Labute approximate surface area is 98.6 Å². The van der Waals surface area contributed by atoms with Crippen LogP contribution in [0.4, 0.5) is 0 Å². The van der Waals surface area contributed by atoms with E-state index in [0.717, 1.165) is 0 Å². The molecule has 16 heavy (non-hydrogen) atoms. The van der Waals surface area contributed by atoms with Crippen molar-refractivity contribution in [3.05, 3.63) is 41.8 Å². The molecule has 84 valence electrons. The van der Waals surface area contributed by atoms with Gasteiger partial charge in [-0.05, 0) is 23.7 Å². The molecule has 3 nitrogen and oxygen atoms in total. The largest absolute Gasteiger partial charge is 0.452 e. The molecule has 1 aromatic carbocycles. The molecule has 2 rings (SSSR count). The minimum absolute atomic E-state index is 0.191. The van der Waals surface area contributed by atoms with Gasteiger partial charge in [-0.3, -0.25) is 0 Å². The van der Waals surface area contributed by atoms with Crippen molar-refractivity contribution in [2.75, 3.05) is 6.26 Å². The summed E-state index contributed by atoms with van der Waals surface area (Å²) in [7, 11) is -3.28. The Morgan fingerprint density at radius 1 is 1.12 bits per heavy atom. The zero-order chi connectivity index (χ0) is 11.8. The second-order valence-corrected chi connectivity index (χ2v) is 5.70. The first kappa shape index (κ1) is 11.2. The SMILES string of the molecule is CS(=O)(=O)c1ccccc1-c1ccoc1Cl. The van der Waals surface area contributed by atoms with Crippen molar-refractivity contribution in [2.45, 2.75) is 4.90 Å². The van der Waals surface area contributed by atoms with Gasteiger partial charge >= 0.3 is 0 Å².